The first-order valence-electron chi connectivity index (χ1n) is 5.58. The standard InChI is InChI=1S/C14H14O2S2/c15-13-5-3-11(17)7-9(13)1-2-10-8-12(18)4-6-14(10)16/h3-8,15-18H,1-2H2. The smallest absolute Gasteiger partial charge is 0.118 e. The second-order valence-electron chi connectivity index (χ2n) is 4.13. The number of benzene rings is 2. The summed E-state index contributed by atoms with van der Waals surface area (Å²) >= 11 is 8.49. The Hall–Kier alpha value is -1.26. The molecule has 0 fully saturated rings. The predicted octanol–water partition coefficient (Wildman–Crippen LogP) is 3.46. The van der Waals surface area contributed by atoms with Gasteiger partial charge in [0.2, 0.25) is 0 Å². The zero-order chi connectivity index (χ0) is 13.1. The molecule has 0 spiro atoms. The number of aryl methyl sites for hydroxylation is 2. The monoisotopic (exact) mass is 278 g/mol. The van der Waals surface area contributed by atoms with E-state index in [1.54, 1.807) is 24.3 Å². The van der Waals surface area contributed by atoms with E-state index < -0.39 is 0 Å². The van der Waals surface area contributed by atoms with Gasteiger partial charge in [0, 0.05) is 9.79 Å². The molecule has 2 aromatic rings. The third kappa shape index (κ3) is 3.15. The summed E-state index contributed by atoms with van der Waals surface area (Å²) in [6.07, 6.45) is 1.29. The fourth-order valence-corrected chi connectivity index (χ4v) is 2.27. The molecule has 2 aromatic carbocycles. The van der Waals surface area contributed by atoms with E-state index in [1.807, 2.05) is 12.1 Å². The van der Waals surface area contributed by atoms with Crippen molar-refractivity contribution in [3.05, 3.63) is 47.5 Å². The van der Waals surface area contributed by atoms with Crippen molar-refractivity contribution in [1.29, 1.82) is 0 Å². The van der Waals surface area contributed by atoms with E-state index in [1.165, 1.54) is 0 Å². The highest BCUT2D eigenvalue weighted by Gasteiger charge is 2.06. The minimum atomic E-state index is 0.259. The first-order valence-corrected chi connectivity index (χ1v) is 6.47. The van der Waals surface area contributed by atoms with Gasteiger partial charge < -0.3 is 10.2 Å². The van der Waals surface area contributed by atoms with Crippen LogP contribution in [0.3, 0.4) is 0 Å². The molecular formula is C14H14O2S2. The maximum absolute atomic E-state index is 9.73. The van der Waals surface area contributed by atoms with Crippen LogP contribution in [-0.2, 0) is 12.8 Å². The van der Waals surface area contributed by atoms with E-state index in [2.05, 4.69) is 25.3 Å². The maximum atomic E-state index is 9.73. The van der Waals surface area contributed by atoms with E-state index in [9.17, 15) is 10.2 Å². The van der Waals surface area contributed by atoms with Gasteiger partial charge in [0.15, 0.2) is 0 Å². The van der Waals surface area contributed by atoms with Crippen LogP contribution in [0.1, 0.15) is 11.1 Å². The highest BCUT2D eigenvalue weighted by atomic mass is 32.1. The van der Waals surface area contributed by atoms with Gasteiger partial charge in [-0.3, -0.25) is 0 Å². The Kier molecular flexibility index (Phi) is 4.09. The predicted molar refractivity (Wildman–Crippen MR) is 78.1 cm³/mol. The number of thiol groups is 2. The number of phenolic OH excluding ortho intramolecular Hbond substituents is 2. The lowest BCUT2D eigenvalue weighted by atomic mass is 10.0. The molecular weight excluding hydrogens is 264 g/mol. The Balaban J connectivity index is 2.16. The zero-order valence-electron chi connectivity index (χ0n) is 9.67. The summed E-state index contributed by atoms with van der Waals surface area (Å²) in [5.74, 6) is 0.517. The molecule has 2 rings (SSSR count). The lowest BCUT2D eigenvalue weighted by Gasteiger charge is -2.08. The van der Waals surface area contributed by atoms with Crippen LogP contribution < -0.4 is 0 Å². The molecule has 0 heterocycles. The van der Waals surface area contributed by atoms with Gasteiger partial charge in [-0.25, -0.2) is 0 Å². The second kappa shape index (κ2) is 5.59. The number of aromatic hydroxyl groups is 2. The largest absolute Gasteiger partial charge is 0.508 e. The lowest BCUT2D eigenvalue weighted by molar-refractivity contribution is 0.461. The molecule has 2 N–H and O–H groups in total. The number of rotatable bonds is 3. The second-order valence-corrected chi connectivity index (χ2v) is 5.16. The highest BCUT2D eigenvalue weighted by molar-refractivity contribution is 7.80. The van der Waals surface area contributed by atoms with Crippen LogP contribution in [0.25, 0.3) is 0 Å². The van der Waals surface area contributed by atoms with Gasteiger partial charge in [-0.15, -0.1) is 25.3 Å². The Morgan fingerprint density at radius 3 is 1.50 bits per heavy atom. The Labute approximate surface area is 117 Å². The summed E-state index contributed by atoms with van der Waals surface area (Å²) in [5, 5.41) is 19.5. The van der Waals surface area contributed by atoms with Crippen molar-refractivity contribution in [3.8, 4) is 11.5 Å². The maximum Gasteiger partial charge on any atom is 0.118 e. The van der Waals surface area contributed by atoms with Gasteiger partial charge >= 0.3 is 0 Å². The van der Waals surface area contributed by atoms with E-state index >= 15 is 0 Å². The first-order chi connectivity index (χ1) is 8.56. The van der Waals surface area contributed by atoms with Crippen LogP contribution in [0.4, 0.5) is 0 Å². The molecule has 94 valence electrons. The topological polar surface area (TPSA) is 40.5 Å². The van der Waals surface area contributed by atoms with Crippen LogP contribution in [0.15, 0.2) is 46.2 Å². The van der Waals surface area contributed by atoms with Gasteiger partial charge in [0.1, 0.15) is 11.5 Å². The molecule has 0 unspecified atom stereocenters. The average molecular weight is 278 g/mol. The lowest BCUT2D eigenvalue weighted by Crippen LogP contribution is -1.93. The van der Waals surface area contributed by atoms with E-state index in [-0.39, 0.29) is 11.5 Å². The molecule has 0 aliphatic rings. The first kappa shape index (κ1) is 13.2. The Bertz CT molecular complexity index is 516. The molecule has 4 heteroatoms. The average Bonchev–Trinajstić information content (AvgIpc) is 2.34. The van der Waals surface area contributed by atoms with Crippen molar-refractivity contribution in [2.75, 3.05) is 0 Å². The van der Waals surface area contributed by atoms with Crippen molar-refractivity contribution >= 4 is 25.3 Å². The molecule has 0 atom stereocenters. The number of hydrogen-bond acceptors (Lipinski definition) is 4. The zero-order valence-corrected chi connectivity index (χ0v) is 11.5. The molecule has 0 saturated carbocycles. The van der Waals surface area contributed by atoms with Gasteiger partial charge in [-0.05, 0) is 60.4 Å². The molecule has 0 radical (unpaired) electrons. The number of phenols is 2. The summed E-state index contributed by atoms with van der Waals surface area (Å²) in [7, 11) is 0. The molecule has 0 aromatic heterocycles. The van der Waals surface area contributed by atoms with E-state index in [4.69, 9.17) is 0 Å². The van der Waals surface area contributed by atoms with Gasteiger partial charge in [-0.2, -0.15) is 0 Å². The van der Waals surface area contributed by atoms with Crippen LogP contribution >= 0.6 is 25.3 Å². The Morgan fingerprint density at radius 1 is 0.722 bits per heavy atom. The minimum Gasteiger partial charge on any atom is -0.508 e. The van der Waals surface area contributed by atoms with Gasteiger partial charge in [-0.1, -0.05) is 0 Å². The summed E-state index contributed by atoms with van der Waals surface area (Å²) < 4.78 is 0. The van der Waals surface area contributed by atoms with Crippen molar-refractivity contribution in [2.45, 2.75) is 22.6 Å². The molecule has 0 aliphatic carbocycles. The van der Waals surface area contributed by atoms with Gasteiger partial charge in [0.25, 0.3) is 0 Å². The quantitative estimate of drug-likeness (QED) is 0.649. The fourth-order valence-electron chi connectivity index (χ4n) is 1.81. The normalized spacial score (nSPS) is 10.6. The SMILES string of the molecule is Oc1ccc(S)cc1CCc1cc(S)ccc1O. The van der Waals surface area contributed by atoms with E-state index in [0.29, 0.717) is 12.8 Å². The van der Waals surface area contributed by atoms with Crippen LogP contribution in [0.5, 0.6) is 11.5 Å². The van der Waals surface area contributed by atoms with Crippen molar-refractivity contribution < 1.29 is 10.2 Å². The van der Waals surface area contributed by atoms with Crippen LogP contribution in [0.2, 0.25) is 0 Å². The molecule has 0 bridgehead atoms. The molecule has 0 aliphatic heterocycles. The van der Waals surface area contributed by atoms with Crippen molar-refractivity contribution in [2.24, 2.45) is 0 Å². The molecule has 0 amide bonds. The molecule has 18 heavy (non-hydrogen) atoms. The Morgan fingerprint density at radius 2 is 1.11 bits per heavy atom. The van der Waals surface area contributed by atoms with E-state index in [0.717, 1.165) is 20.9 Å². The highest BCUT2D eigenvalue weighted by Crippen LogP contribution is 2.25. The molecule has 2 nitrogen and oxygen atoms in total. The summed E-state index contributed by atoms with van der Waals surface area (Å²) in [6.45, 7) is 0. The van der Waals surface area contributed by atoms with Crippen LogP contribution in [0, 0.1) is 0 Å². The minimum absolute atomic E-state index is 0.259. The van der Waals surface area contributed by atoms with Crippen molar-refractivity contribution in [1.82, 2.24) is 0 Å². The van der Waals surface area contributed by atoms with Crippen LogP contribution in [-0.4, -0.2) is 10.2 Å². The third-order valence-electron chi connectivity index (χ3n) is 2.79. The molecule has 0 saturated heterocycles. The summed E-state index contributed by atoms with van der Waals surface area (Å²) in [5.41, 5.74) is 1.65. The third-order valence-corrected chi connectivity index (χ3v) is 3.35. The van der Waals surface area contributed by atoms with Crippen molar-refractivity contribution in [3.63, 3.8) is 0 Å². The van der Waals surface area contributed by atoms with Gasteiger partial charge in [0.05, 0.1) is 0 Å². The number of hydrogen-bond donors (Lipinski definition) is 4. The summed E-state index contributed by atoms with van der Waals surface area (Å²) in [4.78, 5) is 1.63. The fraction of sp³-hybridized carbons (Fsp3) is 0.143. The summed E-state index contributed by atoms with van der Waals surface area (Å²) in [6, 6.07) is 10.4.